The molecule has 16 heavy (non-hydrogen) atoms. The summed E-state index contributed by atoms with van der Waals surface area (Å²) in [5.74, 6) is 0.896. The van der Waals surface area contributed by atoms with Crippen molar-refractivity contribution in [2.24, 2.45) is 0 Å². The molecule has 0 fully saturated rings. The predicted molar refractivity (Wildman–Crippen MR) is 65.6 cm³/mol. The van der Waals surface area contributed by atoms with Crippen LogP contribution in [0.2, 0.25) is 0 Å². The first kappa shape index (κ1) is 10.7. The smallest absolute Gasteiger partial charge is 0.152 e. The van der Waals surface area contributed by atoms with E-state index in [1.54, 1.807) is 6.20 Å². The van der Waals surface area contributed by atoms with Crippen LogP contribution < -0.4 is 5.32 Å². The number of anilines is 1. The van der Waals surface area contributed by atoms with Crippen LogP contribution in [0.25, 0.3) is 5.52 Å². The van der Waals surface area contributed by atoms with E-state index in [4.69, 9.17) is 0 Å². The van der Waals surface area contributed by atoms with Crippen LogP contribution in [-0.4, -0.2) is 21.1 Å². The van der Waals surface area contributed by atoms with Crippen LogP contribution >= 0.6 is 0 Å². The molecule has 0 amide bonds. The lowest BCUT2D eigenvalue weighted by molar-refractivity contribution is 0.919. The minimum atomic E-state index is 0.890. The number of aromatic nitrogens is 3. The van der Waals surface area contributed by atoms with Crippen molar-refractivity contribution in [1.82, 2.24) is 14.6 Å². The van der Waals surface area contributed by atoms with Crippen molar-refractivity contribution >= 4 is 11.3 Å². The lowest BCUT2D eigenvalue weighted by atomic mass is 10.3. The molecule has 0 bridgehead atoms. The second-order valence-corrected chi connectivity index (χ2v) is 3.68. The second-order valence-electron chi connectivity index (χ2n) is 3.68. The Labute approximate surface area is 95.0 Å². The molecule has 0 unspecified atom stereocenters. The summed E-state index contributed by atoms with van der Waals surface area (Å²) in [5.41, 5.74) is 2.03. The van der Waals surface area contributed by atoms with Crippen molar-refractivity contribution in [3.8, 4) is 0 Å². The number of nitrogens with zero attached hydrogens (tertiary/aromatic N) is 3. The van der Waals surface area contributed by atoms with Crippen molar-refractivity contribution < 1.29 is 0 Å². The Bertz CT molecular complexity index is 499. The average molecular weight is 216 g/mol. The van der Waals surface area contributed by atoms with Crippen molar-refractivity contribution in [1.29, 1.82) is 0 Å². The molecule has 0 aliphatic rings. The summed E-state index contributed by atoms with van der Waals surface area (Å²) in [4.78, 5) is 4.32. The number of fused-ring (bicyclic) bond motifs is 1. The fourth-order valence-corrected chi connectivity index (χ4v) is 1.62. The molecule has 4 nitrogen and oxygen atoms in total. The second kappa shape index (κ2) is 4.79. The van der Waals surface area contributed by atoms with Gasteiger partial charge < -0.3 is 5.32 Å². The lowest BCUT2D eigenvalue weighted by Gasteiger charge is -2.04. The zero-order valence-corrected chi connectivity index (χ0v) is 9.64. The molecule has 0 atom stereocenters. The van der Waals surface area contributed by atoms with Gasteiger partial charge in [-0.05, 0) is 26.3 Å². The summed E-state index contributed by atoms with van der Waals surface area (Å²) < 4.78 is 1.85. The largest absolute Gasteiger partial charge is 0.368 e. The molecule has 0 aliphatic carbocycles. The summed E-state index contributed by atoms with van der Waals surface area (Å²) in [6.45, 7) is 4.90. The average Bonchev–Trinajstić information content (AvgIpc) is 2.65. The molecule has 2 heterocycles. The first-order chi connectivity index (χ1) is 7.81. The van der Waals surface area contributed by atoms with Gasteiger partial charge in [-0.25, -0.2) is 9.50 Å². The van der Waals surface area contributed by atoms with E-state index in [1.165, 1.54) is 0 Å². The summed E-state index contributed by atoms with van der Waals surface area (Å²) in [6.07, 6.45) is 8.82. The highest BCUT2D eigenvalue weighted by atomic mass is 15.2. The molecule has 2 aromatic rings. The van der Waals surface area contributed by atoms with Crippen LogP contribution in [0.1, 0.15) is 19.0 Å². The van der Waals surface area contributed by atoms with Gasteiger partial charge in [-0.1, -0.05) is 12.2 Å². The molecule has 84 valence electrons. The third kappa shape index (κ3) is 2.21. The maximum Gasteiger partial charge on any atom is 0.152 e. The molecular weight excluding hydrogens is 200 g/mol. The van der Waals surface area contributed by atoms with Gasteiger partial charge in [0.2, 0.25) is 0 Å². The van der Waals surface area contributed by atoms with E-state index in [2.05, 4.69) is 27.6 Å². The van der Waals surface area contributed by atoms with Crippen LogP contribution in [0.3, 0.4) is 0 Å². The zero-order valence-electron chi connectivity index (χ0n) is 9.64. The topological polar surface area (TPSA) is 42.2 Å². The van der Waals surface area contributed by atoms with Crippen molar-refractivity contribution in [3.05, 3.63) is 36.3 Å². The van der Waals surface area contributed by atoms with Gasteiger partial charge in [-0.3, -0.25) is 0 Å². The highest BCUT2D eigenvalue weighted by molar-refractivity contribution is 5.67. The molecule has 0 aromatic carbocycles. The van der Waals surface area contributed by atoms with Gasteiger partial charge >= 0.3 is 0 Å². The van der Waals surface area contributed by atoms with E-state index in [0.29, 0.717) is 0 Å². The van der Waals surface area contributed by atoms with Gasteiger partial charge in [0.15, 0.2) is 5.82 Å². The Morgan fingerprint density at radius 1 is 1.50 bits per heavy atom. The number of allylic oxidation sites excluding steroid dienone is 1. The molecular formula is C12H16N4. The highest BCUT2D eigenvalue weighted by Gasteiger charge is 2.03. The van der Waals surface area contributed by atoms with Crippen LogP contribution in [0.15, 0.2) is 30.6 Å². The van der Waals surface area contributed by atoms with E-state index >= 15 is 0 Å². The molecule has 0 aliphatic heterocycles. The Hall–Kier alpha value is -1.84. The van der Waals surface area contributed by atoms with Crippen LogP contribution in [0, 0.1) is 6.92 Å². The zero-order chi connectivity index (χ0) is 11.4. The lowest BCUT2D eigenvalue weighted by Crippen LogP contribution is -2.04. The molecule has 0 spiro atoms. The van der Waals surface area contributed by atoms with Crippen LogP contribution in [-0.2, 0) is 0 Å². The summed E-state index contributed by atoms with van der Waals surface area (Å²) >= 11 is 0. The molecule has 0 saturated heterocycles. The number of rotatable bonds is 4. The van der Waals surface area contributed by atoms with E-state index in [0.717, 1.165) is 30.0 Å². The Balaban J connectivity index is 2.16. The maximum absolute atomic E-state index is 4.34. The number of aryl methyl sites for hydroxylation is 1. The summed E-state index contributed by atoms with van der Waals surface area (Å²) in [7, 11) is 0. The van der Waals surface area contributed by atoms with Crippen molar-refractivity contribution in [2.75, 3.05) is 11.9 Å². The van der Waals surface area contributed by atoms with Crippen molar-refractivity contribution in [2.45, 2.75) is 20.3 Å². The SMILES string of the molecule is C/C=C/CCNc1nccn2nc(C)cc12. The molecule has 0 saturated carbocycles. The maximum atomic E-state index is 4.34. The fraction of sp³-hybridized carbons (Fsp3) is 0.333. The predicted octanol–water partition coefficient (Wildman–Crippen LogP) is 2.42. The van der Waals surface area contributed by atoms with Gasteiger partial charge in [-0.2, -0.15) is 5.10 Å². The van der Waals surface area contributed by atoms with Gasteiger partial charge in [0.1, 0.15) is 5.52 Å². The summed E-state index contributed by atoms with van der Waals surface area (Å²) in [5, 5.41) is 7.65. The van der Waals surface area contributed by atoms with Gasteiger partial charge in [0.25, 0.3) is 0 Å². The van der Waals surface area contributed by atoms with E-state index < -0.39 is 0 Å². The first-order valence-electron chi connectivity index (χ1n) is 5.47. The summed E-state index contributed by atoms with van der Waals surface area (Å²) in [6, 6.07) is 2.03. The highest BCUT2D eigenvalue weighted by Crippen LogP contribution is 2.14. The van der Waals surface area contributed by atoms with Gasteiger partial charge in [0.05, 0.1) is 5.69 Å². The van der Waals surface area contributed by atoms with E-state index in [9.17, 15) is 0 Å². The number of hydrogen-bond donors (Lipinski definition) is 1. The van der Waals surface area contributed by atoms with Crippen LogP contribution in [0.5, 0.6) is 0 Å². The quantitative estimate of drug-likeness (QED) is 0.630. The van der Waals surface area contributed by atoms with Crippen molar-refractivity contribution in [3.63, 3.8) is 0 Å². The number of nitrogens with one attached hydrogen (secondary N) is 1. The minimum absolute atomic E-state index is 0.890. The Morgan fingerprint density at radius 2 is 2.38 bits per heavy atom. The molecule has 0 radical (unpaired) electrons. The normalized spacial score (nSPS) is 11.4. The monoisotopic (exact) mass is 216 g/mol. The van der Waals surface area contributed by atoms with Crippen LogP contribution in [0.4, 0.5) is 5.82 Å². The third-order valence-electron chi connectivity index (χ3n) is 2.35. The minimum Gasteiger partial charge on any atom is -0.368 e. The molecule has 4 heteroatoms. The molecule has 1 N–H and O–H groups in total. The van der Waals surface area contributed by atoms with Gasteiger partial charge in [-0.15, -0.1) is 0 Å². The molecule has 2 rings (SSSR count). The van der Waals surface area contributed by atoms with E-state index in [-0.39, 0.29) is 0 Å². The Morgan fingerprint density at radius 3 is 3.19 bits per heavy atom. The third-order valence-corrected chi connectivity index (χ3v) is 2.35. The molecule has 2 aromatic heterocycles. The van der Waals surface area contributed by atoms with Gasteiger partial charge in [0, 0.05) is 18.9 Å². The van der Waals surface area contributed by atoms with E-state index in [1.807, 2.05) is 30.6 Å². The number of hydrogen-bond acceptors (Lipinski definition) is 3. The standard InChI is InChI=1S/C12H16N4/c1-3-4-5-6-13-12-11-9-10(2)15-16(11)8-7-14-12/h3-4,7-9H,5-6H2,1-2H3,(H,13,14)/b4-3+. The first-order valence-corrected chi connectivity index (χ1v) is 5.47. The Kier molecular flexibility index (Phi) is 3.19. The fourth-order valence-electron chi connectivity index (χ4n) is 1.62.